The van der Waals surface area contributed by atoms with Gasteiger partial charge in [0.25, 0.3) is 0 Å². The Hall–Kier alpha value is -0.830. The minimum absolute atomic E-state index is 0.832. The summed E-state index contributed by atoms with van der Waals surface area (Å²) in [5.41, 5.74) is 1.46. The Morgan fingerprint density at radius 2 is 2.07 bits per heavy atom. The number of rotatable bonds is 3. The Morgan fingerprint density at radius 3 is 2.80 bits per heavy atom. The lowest BCUT2D eigenvalue weighted by atomic mass is 9.98. The first-order valence-electron chi connectivity index (χ1n) is 6.15. The molecule has 0 amide bonds. The molecule has 0 radical (unpaired) electrons. The zero-order chi connectivity index (χ0) is 10.1. The number of nitrogens with zero attached hydrogens (tertiary/aromatic N) is 2. The monoisotopic (exact) mass is 205 g/mol. The van der Waals surface area contributed by atoms with Crippen molar-refractivity contribution in [3.8, 4) is 0 Å². The van der Waals surface area contributed by atoms with Crippen LogP contribution in [-0.2, 0) is 6.54 Å². The van der Waals surface area contributed by atoms with Crippen molar-refractivity contribution in [2.24, 2.45) is 5.92 Å². The Kier molecular flexibility index (Phi) is 2.49. The van der Waals surface area contributed by atoms with Gasteiger partial charge in [-0.3, -0.25) is 4.68 Å². The average Bonchev–Trinajstić information content (AvgIpc) is 3.02. The second-order valence-corrected chi connectivity index (χ2v) is 4.96. The molecule has 3 rings (SSSR count). The first kappa shape index (κ1) is 9.40. The summed E-state index contributed by atoms with van der Waals surface area (Å²) in [6.45, 7) is 3.48. The average molecular weight is 205 g/mol. The summed E-state index contributed by atoms with van der Waals surface area (Å²) in [5.74, 6) is 1.67. The summed E-state index contributed by atoms with van der Waals surface area (Å²) in [6, 6.07) is 0. The summed E-state index contributed by atoms with van der Waals surface area (Å²) in [6.07, 6.45) is 9.69. The van der Waals surface area contributed by atoms with Gasteiger partial charge in [-0.2, -0.15) is 5.10 Å². The molecule has 3 heteroatoms. The second kappa shape index (κ2) is 3.97. The molecule has 2 heterocycles. The number of aromatic nitrogens is 2. The molecule has 1 aliphatic heterocycles. The smallest absolute Gasteiger partial charge is 0.0524 e. The zero-order valence-corrected chi connectivity index (χ0v) is 9.15. The molecule has 1 aromatic rings. The van der Waals surface area contributed by atoms with Crippen molar-refractivity contribution in [1.29, 1.82) is 0 Å². The van der Waals surface area contributed by atoms with Crippen LogP contribution in [0.25, 0.3) is 0 Å². The number of hydrogen-bond donors (Lipinski definition) is 1. The van der Waals surface area contributed by atoms with Crippen LogP contribution in [0.5, 0.6) is 0 Å². The standard InChI is InChI=1S/C12H19N3/c1-2-11(1)12-7-14-15(9-12)8-10-3-5-13-6-4-10/h7,9-11,13H,1-6,8H2. The molecule has 0 spiro atoms. The topological polar surface area (TPSA) is 29.9 Å². The highest BCUT2D eigenvalue weighted by Gasteiger charge is 2.25. The lowest BCUT2D eigenvalue weighted by molar-refractivity contribution is 0.321. The minimum Gasteiger partial charge on any atom is -0.317 e. The maximum Gasteiger partial charge on any atom is 0.0524 e. The predicted molar refractivity (Wildman–Crippen MR) is 59.8 cm³/mol. The molecule has 1 saturated heterocycles. The molecule has 0 aromatic carbocycles. The van der Waals surface area contributed by atoms with Gasteiger partial charge in [-0.05, 0) is 56.2 Å². The lowest BCUT2D eigenvalue weighted by Gasteiger charge is -2.22. The first-order chi connectivity index (χ1) is 7.42. The van der Waals surface area contributed by atoms with Crippen LogP contribution in [0.4, 0.5) is 0 Å². The third kappa shape index (κ3) is 2.23. The molecule has 0 atom stereocenters. The molecule has 1 aliphatic carbocycles. The Labute approximate surface area is 90.9 Å². The van der Waals surface area contributed by atoms with E-state index in [1.807, 2.05) is 0 Å². The fourth-order valence-corrected chi connectivity index (χ4v) is 2.44. The minimum atomic E-state index is 0.832. The van der Waals surface area contributed by atoms with Crippen LogP contribution in [0.2, 0.25) is 0 Å². The van der Waals surface area contributed by atoms with E-state index in [2.05, 4.69) is 27.5 Å². The fourth-order valence-electron chi connectivity index (χ4n) is 2.44. The third-order valence-corrected chi connectivity index (χ3v) is 3.61. The summed E-state index contributed by atoms with van der Waals surface area (Å²) >= 11 is 0. The Bertz CT molecular complexity index is 321. The molecule has 1 aromatic heterocycles. The van der Waals surface area contributed by atoms with Gasteiger partial charge >= 0.3 is 0 Å². The van der Waals surface area contributed by atoms with Gasteiger partial charge in [0.1, 0.15) is 0 Å². The van der Waals surface area contributed by atoms with Gasteiger partial charge in [0, 0.05) is 12.7 Å². The molecule has 15 heavy (non-hydrogen) atoms. The highest BCUT2D eigenvalue weighted by atomic mass is 15.3. The van der Waals surface area contributed by atoms with E-state index in [1.54, 1.807) is 0 Å². The van der Waals surface area contributed by atoms with Crippen molar-refractivity contribution in [3.63, 3.8) is 0 Å². The van der Waals surface area contributed by atoms with Crippen LogP contribution in [0.3, 0.4) is 0 Å². The largest absolute Gasteiger partial charge is 0.317 e. The van der Waals surface area contributed by atoms with E-state index < -0.39 is 0 Å². The molecule has 2 aliphatic rings. The van der Waals surface area contributed by atoms with E-state index in [0.717, 1.165) is 18.4 Å². The van der Waals surface area contributed by atoms with Gasteiger partial charge in [0.05, 0.1) is 6.20 Å². The summed E-state index contributed by atoms with van der Waals surface area (Å²) in [7, 11) is 0. The molecule has 82 valence electrons. The molecule has 3 nitrogen and oxygen atoms in total. The van der Waals surface area contributed by atoms with Gasteiger partial charge < -0.3 is 5.32 Å². The van der Waals surface area contributed by atoms with Crippen LogP contribution in [-0.4, -0.2) is 22.9 Å². The van der Waals surface area contributed by atoms with Crippen LogP contribution in [0.1, 0.15) is 37.2 Å². The Balaban J connectivity index is 1.60. The van der Waals surface area contributed by atoms with Crippen LogP contribution in [0, 0.1) is 5.92 Å². The van der Waals surface area contributed by atoms with E-state index in [9.17, 15) is 0 Å². The molecular formula is C12H19N3. The SMILES string of the molecule is c1nn(CC2CCNCC2)cc1C1CC1. The lowest BCUT2D eigenvalue weighted by Crippen LogP contribution is -2.29. The maximum atomic E-state index is 4.47. The summed E-state index contributed by atoms with van der Waals surface area (Å²) < 4.78 is 2.16. The zero-order valence-electron chi connectivity index (χ0n) is 9.15. The van der Waals surface area contributed by atoms with Gasteiger partial charge in [-0.25, -0.2) is 0 Å². The van der Waals surface area contributed by atoms with E-state index in [4.69, 9.17) is 0 Å². The molecule has 0 bridgehead atoms. The van der Waals surface area contributed by atoms with Crippen LogP contribution >= 0.6 is 0 Å². The fraction of sp³-hybridized carbons (Fsp3) is 0.750. The summed E-state index contributed by atoms with van der Waals surface area (Å²) in [4.78, 5) is 0. The molecule has 1 N–H and O–H groups in total. The quantitative estimate of drug-likeness (QED) is 0.815. The van der Waals surface area contributed by atoms with E-state index in [-0.39, 0.29) is 0 Å². The molecular weight excluding hydrogens is 186 g/mol. The molecule has 0 unspecified atom stereocenters. The van der Waals surface area contributed by atoms with Crippen molar-refractivity contribution in [2.75, 3.05) is 13.1 Å². The number of hydrogen-bond acceptors (Lipinski definition) is 2. The Morgan fingerprint density at radius 1 is 1.27 bits per heavy atom. The van der Waals surface area contributed by atoms with E-state index in [1.165, 1.54) is 44.3 Å². The number of nitrogens with one attached hydrogen (secondary N) is 1. The van der Waals surface area contributed by atoms with Crippen molar-refractivity contribution < 1.29 is 0 Å². The van der Waals surface area contributed by atoms with Crippen LogP contribution < -0.4 is 5.32 Å². The highest BCUT2D eigenvalue weighted by molar-refractivity contribution is 5.16. The molecule has 1 saturated carbocycles. The van der Waals surface area contributed by atoms with Crippen LogP contribution in [0.15, 0.2) is 12.4 Å². The third-order valence-electron chi connectivity index (χ3n) is 3.61. The maximum absolute atomic E-state index is 4.47. The van der Waals surface area contributed by atoms with E-state index >= 15 is 0 Å². The number of piperidine rings is 1. The second-order valence-electron chi connectivity index (χ2n) is 4.96. The highest BCUT2D eigenvalue weighted by Crippen LogP contribution is 2.39. The van der Waals surface area contributed by atoms with Crippen molar-refractivity contribution >= 4 is 0 Å². The van der Waals surface area contributed by atoms with E-state index in [0.29, 0.717) is 0 Å². The molecule has 2 fully saturated rings. The predicted octanol–water partition coefficient (Wildman–Crippen LogP) is 1.76. The normalized spacial score (nSPS) is 23.2. The van der Waals surface area contributed by atoms with Crippen molar-refractivity contribution in [2.45, 2.75) is 38.1 Å². The van der Waals surface area contributed by atoms with Gasteiger partial charge in [-0.1, -0.05) is 0 Å². The summed E-state index contributed by atoms with van der Waals surface area (Å²) in [5, 5.41) is 7.87. The van der Waals surface area contributed by atoms with Gasteiger partial charge in [0.2, 0.25) is 0 Å². The van der Waals surface area contributed by atoms with Gasteiger partial charge in [0.15, 0.2) is 0 Å². The first-order valence-corrected chi connectivity index (χ1v) is 6.15. The van der Waals surface area contributed by atoms with Crippen molar-refractivity contribution in [1.82, 2.24) is 15.1 Å². The van der Waals surface area contributed by atoms with Gasteiger partial charge in [-0.15, -0.1) is 0 Å². The van der Waals surface area contributed by atoms with Crippen molar-refractivity contribution in [3.05, 3.63) is 18.0 Å².